The van der Waals surface area contributed by atoms with Crippen molar-refractivity contribution in [2.45, 2.75) is 32.1 Å². The lowest BCUT2D eigenvalue weighted by Crippen LogP contribution is -2.17. The molecule has 0 spiro atoms. The van der Waals surface area contributed by atoms with E-state index in [-0.39, 0.29) is 0 Å². The molecule has 0 radical (unpaired) electrons. The monoisotopic (exact) mass is 265 g/mol. The number of hydrogen-bond acceptors (Lipinski definition) is 3. The van der Waals surface area contributed by atoms with E-state index in [1.54, 1.807) is 0 Å². The fourth-order valence-electron chi connectivity index (χ4n) is 3.00. The van der Waals surface area contributed by atoms with Crippen LogP contribution < -0.4 is 5.32 Å². The highest BCUT2D eigenvalue weighted by Crippen LogP contribution is 2.25. The molecule has 20 heavy (non-hydrogen) atoms. The molecule has 2 aromatic rings. The Balaban J connectivity index is 1.79. The molecule has 3 rings (SSSR count). The van der Waals surface area contributed by atoms with Gasteiger partial charge in [-0.3, -0.25) is 0 Å². The van der Waals surface area contributed by atoms with E-state index in [1.807, 2.05) is 30.3 Å². The summed E-state index contributed by atoms with van der Waals surface area (Å²) in [4.78, 5) is 4.61. The molecule has 102 valence electrons. The molecule has 1 aliphatic rings. The van der Waals surface area contributed by atoms with Gasteiger partial charge in [-0.15, -0.1) is 0 Å². The minimum absolute atomic E-state index is 0.696. The first-order valence-corrected chi connectivity index (χ1v) is 7.40. The van der Waals surface area contributed by atoms with Crippen molar-refractivity contribution >= 4 is 16.7 Å². The van der Waals surface area contributed by atoms with Crippen LogP contribution in [0.25, 0.3) is 10.9 Å². The Morgan fingerprint density at radius 3 is 2.80 bits per heavy atom. The van der Waals surface area contributed by atoms with Crippen LogP contribution in [0.5, 0.6) is 0 Å². The summed E-state index contributed by atoms with van der Waals surface area (Å²) in [5, 5.41) is 13.6. The van der Waals surface area contributed by atoms with Crippen LogP contribution in [-0.2, 0) is 0 Å². The lowest BCUT2D eigenvalue weighted by atomic mass is 9.89. The van der Waals surface area contributed by atoms with Crippen molar-refractivity contribution in [2.24, 2.45) is 5.92 Å². The third-order valence-electron chi connectivity index (χ3n) is 4.13. The van der Waals surface area contributed by atoms with Crippen molar-refractivity contribution in [3.63, 3.8) is 0 Å². The molecule has 0 unspecified atom stereocenters. The number of anilines is 1. The fraction of sp³-hybridized carbons (Fsp3) is 0.412. The molecule has 1 aliphatic carbocycles. The zero-order chi connectivity index (χ0) is 13.8. The summed E-state index contributed by atoms with van der Waals surface area (Å²) >= 11 is 0. The SMILES string of the molecule is N#Cc1cc(NCC2CCCCC2)nc2ccccc12. The molecular weight excluding hydrogens is 246 g/mol. The van der Waals surface area contributed by atoms with Crippen LogP contribution in [0.1, 0.15) is 37.7 Å². The van der Waals surface area contributed by atoms with Crippen LogP contribution in [0.3, 0.4) is 0 Å². The van der Waals surface area contributed by atoms with Gasteiger partial charge in [-0.2, -0.15) is 5.26 Å². The minimum Gasteiger partial charge on any atom is -0.370 e. The van der Waals surface area contributed by atoms with E-state index in [0.717, 1.165) is 29.2 Å². The smallest absolute Gasteiger partial charge is 0.127 e. The van der Waals surface area contributed by atoms with E-state index < -0.39 is 0 Å². The van der Waals surface area contributed by atoms with Crippen molar-refractivity contribution < 1.29 is 0 Å². The van der Waals surface area contributed by atoms with E-state index in [1.165, 1.54) is 32.1 Å². The van der Waals surface area contributed by atoms with Gasteiger partial charge in [0.25, 0.3) is 0 Å². The minimum atomic E-state index is 0.696. The number of nitrogens with zero attached hydrogens (tertiary/aromatic N) is 2. The third kappa shape index (κ3) is 2.75. The van der Waals surface area contributed by atoms with E-state index in [4.69, 9.17) is 0 Å². The predicted molar refractivity (Wildman–Crippen MR) is 81.5 cm³/mol. The summed E-state index contributed by atoms with van der Waals surface area (Å²) in [7, 11) is 0. The Kier molecular flexibility index (Phi) is 3.83. The Labute approximate surface area is 119 Å². The second-order valence-electron chi connectivity index (χ2n) is 5.57. The lowest BCUT2D eigenvalue weighted by molar-refractivity contribution is 0.373. The maximum Gasteiger partial charge on any atom is 0.127 e. The summed E-state index contributed by atoms with van der Waals surface area (Å²) in [6, 6.07) is 11.9. The van der Waals surface area contributed by atoms with Gasteiger partial charge in [0.1, 0.15) is 5.82 Å². The van der Waals surface area contributed by atoms with Gasteiger partial charge in [0.2, 0.25) is 0 Å². The molecule has 0 aliphatic heterocycles. The largest absolute Gasteiger partial charge is 0.370 e. The van der Waals surface area contributed by atoms with Crippen molar-refractivity contribution in [3.8, 4) is 6.07 Å². The highest BCUT2D eigenvalue weighted by Gasteiger charge is 2.13. The normalized spacial score (nSPS) is 15.9. The Hall–Kier alpha value is -2.08. The predicted octanol–water partition coefficient (Wildman–Crippen LogP) is 4.10. The second kappa shape index (κ2) is 5.92. The lowest BCUT2D eigenvalue weighted by Gasteiger charge is -2.22. The van der Waals surface area contributed by atoms with Crippen LogP contribution in [0.2, 0.25) is 0 Å². The summed E-state index contributed by atoms with van der Waals surface area (Å²) < 4.78 is 0. The van der Waals surface area contributed by atoms with Gasteiger partial charge in [0, 0.05) is 11.9 Å². The van der Waals surface area contributed by atoms with Gasteiger partial charge >= 0.3 is 0 Å². The van der Waals surface area contributed by atoms with Crippen LogP contribution in [-0.4, -0.2) is 11.5 Å². The number of aromatic nitrogens is 1. The Morgan fingerprint density at radius 1 is 1.20 bits per heavy atom. The number of rotatable bonds is 3. The first kappa shape index (κ1) is 12.9. The molecule has 0 saturated heterocycles. The van der Waals surface area contributed by atoms with E-state index >= 15 is 0 Å². The summed E-state index contributed by atoms with van der Waals surface area (Å²) in [5.41, 5.74) is 1.58. The average Bonchev–Trinajstić information content (AvgIpc) is 2.53. The molecule has 0 atom stereocenters. The molecule has 1 heterocycles. The van der Waals surface area contributed by atoms with Gasteiger partial charge in [-0.25, -0.2) is 4.98 Å². The molecule has 0 bridgehead atoms. The zero-order valence-electron chi connectivity index (χ0n) is 11.6. The number of para-hydroxylation sites is 1. The van der Waals surface area contributed by atoms with E-state index in [2.05, 4.69) is 16.4 Å². The topological polar surface area (TPSA) is 48.7 Å². The standard InChI is InChI=1S/C17H19N3/c18-11-14-10-17(19-12-13-6-2-1-3-7-13)20-16-9-5-4-8-15(14)16/h4-5,8-10,13H,1-3,6-7,12H2,(H,19,20). The molecule has 0 amide bonds. The van der Waals surface area contributed by atoms with Gasteiger partial charge in [-0.05, 0) is 30.9 Å². The maximum absolute atomic E-state index is 9.27. The Morgan fingerprint density at radius 2 is 2.00 bits per heavy atom. The van der Waals surface area contributed by atoms with Gasteiger partial charge < -0.3 is 5.32 Å². The van der Waals surface area contributed by atoms with Crippen LogP contribution in [0.4, 0.5) is 5.82 Å². The molecular formula is C17H19N3. The third-order valence-corrected chi connectivity index (χ3v) is 4.13. The average molecular weight is 265 g/mol. The number of nitriles is 1. The van der Waals surface area contributed by atoms with Gasteiger partial charge in [0.15, 0.2) is 0 Å². The fourth-order valence-corrected chi connectivity index (χ4v) is 3.00. The van der Waals surface area contributed by atoms with E-state index in [9.17, 15) is 5.26 Å². The molecule has 1 saturated carbocycles. The molecule has 1 aromatic heterocycles. The van der Waals surface area contributed by atoms with Crippen molar-refractivity contribution in [1.29, 1.82) is 5.26 Å². The molecule has 1 fully saturated rings. The van der Waals surface area contributed by atoms with E-state index in [0.29, 0.717) is 5.56 Å². The quantitative estimate of drug-likeness (QED) is 0.909. The summed E-state index contributed by atoms with van der Waals surface area (Å²) in [6.45, 7) is 0.968. The van der Waals surface area contributed by atoms with Crippen molar-refractivity contribution in [1.82, 2.24) is 4.98 Å². The number of hydrogen-bond donors (Lipinski definition) is 1. The summed E-state index contributed by atoms with van der Waals surface area (Å²) in [5.74, 6) is 1.58. The second-order valence-corrected chi connectivity index (χ2v) is 5.57. The number of fused-ring (bicyclic) bond motifs is 1. The maximum atomic E-state index is 9.27. The molecule has 1 aromatic carbocycles. The number of nitrogens with one attached hydrogen (secondary N) is 1. The zero-order valence-corrected chi connectivity index (χ0v) is 11.6. The highest BCUT2D eigenvalue weighted by atomic mass is 15.0. The Bertz CT molecular complexity index is 636. The number of benzene rings is 1. The summed E-state index contributed by atoms with van der Waals surface area (Å²) in [6.07, 6.45) is 6.70. The van der Waals surface area contributed by atoms with Crippen LogP contribution >= 0.6 is 0 Å². The first-order valence-electron chi connectivity index (χ1n) is 7.40. The molecule has 3 nitrogen and oxygen atoms in total. The highest BCUT2D eigenvalue weighted by molar-refractivity contribution is 5.86. The molecule has 3 heteroatoms. The first-order chi connectivity index (χ1) is 9.86. The van der Waals surface area contributed by atoms with Gasteiger partial charge in [0.05, 0.1) is 17.1 Å². The molecule has 1 N–H and O–H groups in total. The van der Waals surface area contributed by atoms with Gasteiger partial charge in [-0.1, -0.05) is 37.5 Å². The van der Waals surface area contributed by atoms with Crippen LogP contribution in [0.15, 0.2) is 30.3 Å². The number of pyridine rings is 1. The van der Waals surface area contributed by atoms with Crippen LogP contribution in [0, 0.1) is 17.2 Å². The van der Waals surface area contributed by atoms with Crippen molar-refractivity contribution in [2.75, 3.05) is 11.9 Å². The van der Waals surface area contributed by atoms with Crippen molar-refractivity contribution in [3.05, 3.63) is 35.9 Å².